The summed E-state index contributed by atoms with van der Waals surface area (Å²) >= 11 is -2.47. The molecule has 3 aromatic carbocycles. The molecule has 0 heterocycles. The van der Waals surface area contributed by atoms with Crippen LogP contribution in [0, 0.1) is 6.92 Å². The molecule has 5 heteroatoms. The third-order valence-electron chi connectivity index (χ3n) is 10.8. The van der Waals surface area contributed by atoms with Crippen molar-refractivity contribution in [2.45, 2.75) is 84.0 Å². The predicted molar refractivity (Wildman–Crippen MR) is 202 cm³/mol. The van der Waals surface area contributed by atoms with Gasteiger partial charge in [-0.25, -0.2) is 0 Å². The molecule has 1 unspecified atom stereocenters. The first-order chi connectivity index (χ1) is 21.7. The van der Waals surface area contributed by atoms with E-state index in [1.165, 1.54) is 59.6 Å². The van der Waals surface area contributed by atoms with Crippen molar-refractivity contribution in [1.29, 1.82) is 0 Å². The van der Waals surface area contributed by atoms with Gasteiger partial charge in [0.2, 0.25) is 0 Å². The SMILES string of the molecule is CC[Si](CC)(c1cc(C)cc(C(C)(C)C)c1OC)[C]1([Sc]([CH2]c2ccccc2N(C)C)[CH2]c2ccccc2N(C)C)C=C(C)C=C1C. The van der Waals surface area contributed by atoms with Crippen LogP contribution in [0.5, 0.6) is 5.75 Å². The van der Waals surface area contributed by atoms with E-state index in [0.717, 1.165) is 5.75 Å². The Kier molecular flexibility index (Phi) is 11.4. The number of benzene rings is 3. The fraction of sp³-hybridized carbons (Fsp3) is 0.463. The van der Waals surface area contributed by atoms with Crippen LogP contribution in [0.2, 0.25) is 14.9 Å². The molecule has 0 aromatic heterocycles. The van der Waals surface area contributed by atoms with E-state index in [1.807, 2.05) is 7.11 Å². The molecule has 0 fully saturated rings. The Balaban J connectivity index is 2.13. The molecule has 1 atom stereocenters. The summed E-state index contributed by atoms with van der Waals surface area (Å²) in [5, 5.41) is 1.54. The van der Waals surface area contributed by atoms with Crippen molar-refractivity contribution in [3.8, 4) is 5.75 Å². The molecule has 46 heavy (non-hydrogen) atoms. The average Bonchev–Trinajstić information content (AvgIpc) is 3.31. The molecule has 1 aliphatic carbocycles. The van der Waals surface area contributed by atoms with Crippen LogP contribution in [0.25, 0.3) is 0 Å². The van der Waals surface area contributed by atoms with Crippen LogP contribution in [0.1, 0.15) is 70.7 Å². The average molecular weight is 669 g/mol. The molecule has 3 aromatic rings. The fourth-order valence-corrected chi connectivity index (χ4v) is 28.0. The zero-order chi connectivity index (χ0) is 34.0. The van der Waals surface area contributed by atoms with E-state index in [0.29, 0.717) is 0 Å². The molecule has 3 nitrogen and oxygen atoms in total. The molecule has 4 rings (SSSR count). The summed E-state index contributed by atoms with van der Waals surface area (Å²) in [5.41, 5.74) is 11.5. The van der Waals surface area contributed by atoms with Gasteiger partial charge in [0.15, 0.2) is 0 Å². The van der Waals surface area contributed by atoms with E-state index >= 15 is 0 Å². The quantitative estimate of drug-likeness (QED) is 0.179. The first-order valence-corrected chi connectivity index (χ1v) is 23.1. The molecule has 0 spiro atoms. The van der Waals surface area contributed by atoms with Gasteiger partial charge in [-0.3, -0.25) is 0 Å². The summed E-state index contributed by atoms with van der Waals surface area (Å²) in [6.45, 7) is 19.2. The van der Waals surface area contributed by atoms with Gasteiger partial charge in [0, 0.05) is 0 Å². The van der Waals surface area contributed by atoms with E-state index in [4.69, 9.17) is 4.74 Å². The fourth-order valence-electron chi connectivity index (χ4n) is 8.83. The van der Waals surface area contributed by atoms with Crippen molar-refractivity contribution in [3.05, 3.63) is 106 Å². The second kappa shape index (κ2) is 14.4. The molecule has 0 saturated heterocycles. The molecule has 0 radical (unpaired) electrons. The van der Waals surface area contributed by atoms with Gasteiger partial charge in [0.25, 0.3) is 0 Å². The standard InChI is InChI=1S/C23H35OSi.2C9H12N.Sc/c1-10-25(11-2,20-14-16(3)12-18(20)5)21-15-17(4)13-19(22(21)24-9)23(6,7)8;2*1-8-6-4-5-7-9(8)10(2)3;/h12-15H,10-11H2,1-9H3;2*4-7H,1H2,2-3H3;. The van der Waals surface area contributed by atoms with Gasteiger partial charge in [0.05, 0.1) is 0 Å². The Morgan fingerprint density at radius 3 is 1.67 bits per heavy atom. The summed E-state index contributed by atoms with van der Waals surface area (Å²) in [7, 11) is 8.39. The van der Waals surface area contributed by atoms with Crippen molar-refractivity contribution < 1.29 is 26.2 Å². The van der Waals surface area contributed by atoms with E-state index in [9.17, 15) is 0 Å². The predicted octanol–water partition coefficient (Wildman–Crippen LogP) is 9.75. The van der Waals surface area contributed by atoms with Crippen LogP contribution < -0.4 is 19.7 Å². The topological polar surface area (TPSA) is 15.7 Å². The number of methoxy groups -OCH3 is 1. The number of hydrogen-bond donors (Lipinski definition) is 0. The van der Waals surface area contributed by atoms with E-state index < -0.39 is 29.5 Å². The van der Waals surface area contributed by atoms with Crippen LogP contribution in [0.15, 0.2) is 84.0 Å². The Bertz CT molecular complexity index is 1540. The van der Waals surface area contributed by atoms with Crippen molar-refractivity contribution >= 4 is 24.6 Å². The monoisotopic (exact) mass is 668 g/mol. The van der Waals surface area contributed by atoms with Crippen LogP contribution in [0.4, 0.5) is 11.4 Å². The number of anilines is 2. The van der Waals surface area contributed by atoms with Crippen LogP contribution >= 0.6 is 0 Å². The molecule has 0 bridgehead atoms. The molecular formula is C41H59N2OScSi. The first kappa shape index (κ1) is 36.5. The molecule has 0 N–H and O–H groups in total. The van der Waals surface area contributed by atoms with Crippen LogP contribution in [-0.4, -0.2) is 43.4 Å². The number of aryl methyl sites for hydroxylation is 1. The third kappa shape index (κ3) is 6.65. The maximum absolute atomic E-state index is 6.55. The zero-order valence-electron chi connectivity index (χ0n) is 31.1. The van der Waals surface area contributed by atoms with Gasteiger partial charge in [-0.05, 0) is 0 Å². The van der Waals surface area contributed by atoms with Gasteiger partial charge in [-0.1, -0.05) is 0 Å². The number of para-hydroxylation sites is 2. The summed E-state index contributed by atoms with van der Waals surface area (Å²) < 4.78 is 9.01. The van der Waals surface area contributed by atoms with E-state index in [1.54, 1.807) is 10.8 Å². The first-order valence-electron chi connectivity index (χ1n) is 17.2. The molecule has 0 amide bonds. The van der Waals surface area contributed by atoms with Crippen LogP contribution in [-0.2, 0) is 35.2 Å². The van der Waals surface area contributed by atoms with E-state index in [-0.39, 0.29) is 8.21 Å². The normalized spacial score (nSPS) is 16.6. The van der Waals surface area contributed by atoms with Crippen molar-refractivity contribution in [2.24, 2.45) is 0 Å². The number of ether oxygens (including phenoxy) is 1. The van der Waals surface area contributed by atoms with E-state index in [2.05, 4.69) is 166 Å². The maximum atomic E-state index is 6.55. The summed E-state index contributed by atoms with van der Waals surface area (Å²) in [4.78, 5) is 4.63. The zero-order valence-corrected chi connectivity index (χ0v) is 33.9. The Hall–Kier alpha value is -2.37. The number of rotatable bonds is 12. The summed E-state index contributed by atoms with van der Waals surface area (Å²) in [6, 6.07) is 25.7. The summed E-state index contributed by atoms with van der Waals surface area (Å²) in [6.07, 6.45) is 5.36. The van der Waals surface area contributed by atoms with Gasteiger partial charge < -0.3 is 0 Å². The molecule has 1 aliphatic rings. The minimum absolute atomic E-state index is 0.0106. The van der Waals surface area contributed by atoms with Gasteiger partial charge in [-0.15, -0.1) is 0 Å². The molecule has 246 valence electrons. The Labute approximate surface area is 290 Å². The van der Waals surface area contributed by atoms with Crippen molar-refractivity contribution in [1.82, 2.24) is 0 Å². The molecular weight excluding hydrogens is 610 g/mol. The van der Waals surface area contributed by atoms with Crippen molar-refractivity contribution in [3.63, 3.8) is 0 Å². The Morgan fingerprint density at radius 2 is 1.28 bits per heavy atom. The number of hydrogen-bond acceptors (Lipinski definition) is 3. The Morgan fingerprint density at radius 1 is 0.783 bits per heavy atom. The van der Waals surface area contributed by atoms with Crippen molar-refractivity contribution in [2.75, 3.05) is 45.1 Å². The minimum atomic E-state index is -2.47. The number of allylic oxidation sites excluding steroid dienone is 4. The van der Waals surface area contributed by atoms with Gasteiger partial charge in [-0.2, -0.15) is 0 Å². The second-order valence-corrected chi connectivity index (χ2v) is 25.9. The second-order valence-electron chi connectivity index (χ2n) is 15.2. The molecule has 0 saturated carbocycles. The third-order valence-corrected chi connectivity index (χ3v) is 26.9. The van der Waals surface area contributed by atoms with Crippen LogP contribution in [0.3, 0.4) is 0 Å². The summed E-state index contributed by atoms with van der Waals surface area (Å²) in [5.74, 6) is 1.15. The molecule has 0 aliphatic heterocycles. The van der Waals surface area contributed by atoms with Gasteiger partial charge >= 0.3 is 292 Å². The van der Waals surface area contributed by atoms with Gasteiger partial charge in [0.1, 0.15) is 0 Å². The number of nitrogens with zero attached hydrogens (tertiary/aromatic N) is 2.